The SMILES string of the molecule is CC[C@@H](CN(Cc1ccccc1C(F)(F)F)C(=S)Nc1ccc(Br)cc1)NC(=O)Cc1cncn1Cc1ccc(C#N)cc1. The molecule has 2 N–H and O–H groups in total. The number of anilines is 1. The van der Waals surface area contributed by atoms with E-state index in [9.17, 15) is 18.0 Å². The van der Waals surface area contributed by atoms with E-state index in [2.05, 4.69) is 37.6 Å². The fourth-order valence-electron chi connectivity index (χ4n) is 4.60. The van der Waals surface area contributed by atoms with Gasteiger partial charge in [0.15, 0.2) is 5.11 Å². The van der Waals surface area contributed by atoms with E-state index in [0.29, 0.717) is 29.9 Å². The summed E-state index contributed by atoms with van der Waals surface area (Å²) in [5.74, 6) is -0.249. The van der Waals surface area contributed by atoms with Crippen LogP contribution in [0.25, 0.3) is 0 Å². The van der Waals surface area contributed by atoms with Crippen molar-refractivity contribution >= 4 is 44.9 Å². The number of amides is 1. The lowest BCUT2D eigenvalue weighted by Crippen LogP contribution is -2.47. The Hall–Kier alpha value is -4.21. The first-order chi connectivity index (χ1) is 21.0. The summed E-state index contributed by atoms with van der Waals surface area (Å²) >= 11 is 9.06. The van der Waals surface area contributed by atoms with E-state index in [1.54, 1.807) is 47.8 Å². The number of hydrogen-bond donors (Lipinski definition) is 2. The highest BCUT2D eigenvalue weighted by Gasteiger charge is 2.33. The van der Waals surface area contributed by atoms with Crippen molar-refractivity contribution in [3.05, 3.63) is 118 Å². The summed E-state index contributed by atoms with van der Waals surface area (Å²) in [6.45, 7) is 2.45. The Morgan fingerprint density at radius 3 is 2.48 bits per heavy atom. The van der Waals surface area contributed by atoms with Gasteiger partial charge in [-0.1, -0.05) is 53.2 Å². The summed E-state index contributed by atoms with van der Waals surface area (Å²) in [7, 11) is 0. The summed E-state index contributed by atoms with van der Waals surface area (Å²) in [6.07, 6.45) is -0.673. The Morgan fingerprint density at radius 2 is 1.82 bits per heavy atom. The second-order valence-corrected chi connectivity index (χ2v) is 11.4. The number of rotatable bonds is 11. The first-order valence-corrected chi connectivity index (χ1v) is 15.0. The van der Waals surface area contributed by atoms with Gasteiger partial charge in [0.05, 0.1) is 29.9 Å². The summed E-state index contributed by atoms with van der Waals surface area (Å²) in [5.41, 5.74) is 2.24. The molecule has 4 rings (SSSR count). The van der Waals surface area contributed by atoms with Gasteiger partial charge in [-0.25, -0.2) is 4.98 Å². The smallest absolute Gasteiger partial charge is 0.351 e. The zero-order valence-electron chi connectivity index (χ0n) is 23.8. The van der Waals surface area contributed by atoms with Gasteiger partial charge >= 0.3 is 6.18 Å². The number of benzene rings is 3. The number of nitrogens with zero attached hydrogens (tertiary/aromatic N) is 4. The molecule has 1 heterocycles. The lowest BCUT2D eigenvalue weighted by Gasteiger charge is -2.31. The van der Waals surface area contributed by atoms with Crippen LogP contribution in [0.5, 0.6) is 0 Å². The number of nitriles is 1. The number of nitrogens with one attached hydrogen (secondary N) is 2. The van der Waals surface area contributed by atoms with Gasteiger partial charge in [0.25, 0.3) is 0 Å². The van der Waals surface area contributed by atoms with Crippen LogP contribution in [0.2, 0.25) is 0 Å². The molecule has 0 unspecified atom stereocenters. The lowest BCUT2D eigenvalue weighted by atomic mass is 10.1. The number of carbonyl (C=O) groups excluding carboxylic acids is 1. The Balaban J connectivity index is 1.48. The second-order valence-electron chi connectivity index (χ2n) is 10.1. The van der Waals surface area contributed by atoms with Gasteiger partial charge in [0, 0.05) is 47.7 Å². The number of halogens is 4. The van der Waals surface area contributed by atoms with Crippen LogP contribution >= 0.6 is 28.1 Å². The number of alkyl halides is 3. The fraction of sp³-hybridized carbons (Fsp3) is 0.250. The molecule has 12 heteroatoms. The first kappa shape index (κ1) is 32.7. The van der Waals surface area contributed by atoms with Crippen molar-refractivity contribution in [2.24, 2.45) is 0 Å². The fourth-order valence-corrected chi connectivity index (χ4v) is 5.12. The van der Waals surface area contributed by atoms with Crippen molar-refractivity contribution in [3.63, 3.8) is 0 Å². The third-order valence-corrected chi connectivity index (χ3v) is 7.83. The van der Waals surface area contributed by atoms with Crippen LogP contribution in [-0.2, 0) is 30.5 Å². The van der Waals surface area contributed by atoms with Gasteiger partial charge in [-0.2, -0.15) is 18.4 Å². The van der Waals surface area contributed by atoms with E-state index in [0.717, 1.165) is 16.1 Å². The molecule has 1 amide bonds. The third kappa shape index (κ3) is 9.14. The van der Waals surface area contributed by atoms with Crippen LogP contribution in [0.4, 0.5) is 18.9 Å². The Kier molecular flexibility index (Phi) is 11.1. The van der Waals surface area contributed by atoms with Gasteiger partial charge < -0.3 is 20.1 Å². The topological polar surface area (TPSA) is 86.0 Å². The predicted octanol–water partition coefficient (Wildman–Crippen LogP) is 6.92. The van der Waals surface area contributed by atoms with E-state index in [-0.39, 0.29) is 36.1 Å². The Bertz CT molecular complexity index is 1620. The van der Waals surface area contributed by atoms with Gasteiger partial charge in [0.2, 0.25) is 5.91 Å². The number of thiocarbonyl (C=S) groups is 1. The molecule has 3 aromatic carbocycles. The highest BCUT2D eigenvalue weighted by molar-refractivity contribution is 9.10. The highest BCUT2D eigenvalue weighted by atomic mass is 79.9. The van der Waals surface area contributed by atoms with Crippen LogP contribution in [-0.4, -0.2) is 38.1 Å². The van der Waals surface area contributed by atoms with Gasteiger partial charge in [-0.15, -0.1) is 0 Å². The molecule has 4 aromatic rings. The molecule has 0 aliphatic rings. The molecular formula is C32H30BrF3N6OS. The van der Waals surface area contributed by atoms with Crippen LogP contribution in [0.15, 0.2) is 89.8 Å². The van der Waals surface area contributed by atoms with Crippen LogP contribution in [0.1, 0.15) is 41.3 Å². The molecule has 7 nitrogen and oxygen atoms in total. The van der Waals surface area contributed by atoms with Gasteiger partial charge in [-0.05, 0) is 72.2 Å². The minimum Gasteiger partial charge on any atom is -0.351 e. The van der Waals surface area contributed by atoms with E-state index >= 15 is 0 Å². The van der Waals surface area contributed by atoms with Gasteiger partial charge in [-0.3, -0.25) is 4.79 Å². The molecule has 0 aliphatic carbocycles. The first-order valence-electron chi connectivity index (χ1n) is 13.8. The number of imidazole rings is 1. The summed E-state index contributed by atoms with van der Waals surface area (Å²) in [4.78, 5) is 19.0. The second kappa shape index (κ2) is 15.0. The predicted molar refractivity (Wildman–Crippen MR) is 171 cm³/mol. The maximum Gasteiger partial charge on any atom is 0.416 e. The molecule has 1 aromatic heterocycles. The standard InChI is InChI=1S/C32H30BrF3N6OS/c1-2-26(39-30(43)15-28-17-38-21-42(28)18-23-9-7-22(16-37)8-10-23)20-41(31(44)40-27-13-11-25(33)12-14-27)19-24-5-3-4-6-29(24)32(34,35)36/h3-14,17,21,26H,2,15,18-20H2,1H3,(H,39,43)(H,40,44)/t26-/m0/s1. The molecular weight excluding hydrogens is 653 g/mol. The molecule has 0 aliphatic heterocycles. The number of hydrogen-bond acceptors (Lipinski definition) is 4. The monoisotopic (exact) mass is 682 g/mol. The van der Waals surface area contributed by atoms with Gasteiger partial charge in [0.1, 0.15) is 0 Å². The van der Waals surface area contributed by atoms with Crippen LogP contribution < -0.4 is 10.6 Å². The molecule has 0 radical (unpaired) electrons. The average Bonchev–Trinajstić information content (AvgIpc) is 3.43. The molecule has 228 valence electrons. The summed E-state index contributed by atoms with van der Waals surface area (Å²) in [6, 6.07) is 21.5. The van der Waals surface area contributed by atoms with E-state index in [1.807, 2.05) is 35.8 Å². The summed E-state index contributed by atoms with van der Waals surface area (Å²) in [5, 5.41) is 15.4. The van der Waals surface area contributed by atoms with Crippen molar-refractivity contribution in [1.82, 2.24) is 19.8 Å². The molecule has 0 saturated heterocycles. The molecule has 0 bridgehead atoms. The largest absolute Gasteiger partial charge is 0.416 e. The van der Waals surface area contributed by atoms with Crippen molar-refractivity contribution < 1.29 is 18.0 Å². The maximum atomic E-state index is 13.8. The zero-order valence-corrected chi connectivity index (χ0v) is 26.2. The lowest BCUT2D eigenvalue weighted by molar-refractivity contribution is -0.138. The number of aromatic nitrogens is 2. The Labute approximate surface area is 267 Å². The normalized spacial score (nSPS) is 11.8. The number of carbonyl (C=O) groups is 1. The van der Waals surface area contributed by atoms with Crippen LogP contribution in [0.3, 0.4) is 0 Å². The average molecular weight is 684 g/mol. The van der Waals surface area contributed by atoms with Crippen molar-refractivity contribution in [1.29, 1.82) is 5.26 Å². The highest BCUT2D eigenvalue weighted by Crippen LogP contribution is 2.32. The molecule has 0 fully saturated rings. The van der Waals surface area contributed by atoms with E-state index in [4.69, 9.17) is 17.5 Å². The maximum absolute atomic E-state index is 13.8. The molecule has 0 saturated carbocycles. The van der Waals surface area contributed by atoms with E-state index in [1.165, 1.54) is 12.1 Å². The quantitative estimate of drug-likeness (QED) is 0.167. The Morgan fingerprint density at radius 1 is 1.11 bits per heavy atom. The van der Waals surface area contributed by atoms with Crippen LogP contribution in [0, 0.1) is 11.3 Å². The molecule has 0 spiro atoms. The zero-order chi connectivity index (χ0) is 31.7. The third-order valence-electron chi connectivity index (χ3n) is 6.94. The van der Waals surface area contributed by atoms with Crippen molar-refractivity contribution in [2.45, 2.75) is 45.1 Å². The minimum absolute atomic E-state index is 0.0608. The van der Waals surface area contributed by atoms with E-state index < -0.39 is 17.8 Å². The van der Waals surface area contributed by atoms with Crippen molar-refractivity contribution in [2.75, 3.05) is 11.9 Å². The molecule has 44 heavy (non-hydrogen) atoms. The summed E-state index contributed by atoms with van der Waals surface area (Å²) < 4.78 is 44.2. The molecule has 1 atom stereocenters. The minimum atomic E-state index is -4.53. The van der Waals surface area contributed by atoms with Crippen molar-refractivity contribution in [3.8, 4) is 6.07 Å².